The summed E-state index contributed by atoms with van der Waals surface area (Å²) in [4.78, 5) is 12.2. The molecule has 1 aliphatic carbocycles. The summed E-state index contributed by atoms with van der Waals surface area (Å²) >= 11 is 0. The summed E-state index contributed by atoms with van der Waals surface area (Å²) in [5.74, 6) is 1.09. The number of hydrogen-bond acceptors (Lipinski definition) is 4. The molecule has 0 bridgehead atoms. The third-order valence-electron chi connectivity index (χ3n) is 5.42. The van der Waals surface area contributed by atoms with Crippen LogP contribution < -0.4 is 10.4 Å². The number of ether oxygens (including phenoxy) is 2. The minimum absolute atomic E-state index is 0.0238. The second-order valence-corrected chi connectivity index (χ2v) is 7.57. The minimum Gasteiger partial charge on any atom is -0.490 e. The largest absolute Gasteiger partial charge is 0.490 e. The summed E-state index contributed by atoms with van der Waals surface area (Å²) in [6, 6.07) is 5.10. The third kappa shape index (κ3) is 5.02. The maximum Gasteiger partial charge on any atom is 0.346 e. The highest BCUT2D eigenvalue weighted by atomic mass is 19.1. The SMILES string of the molecule is CCCc1cc2ccc(OCC3CCC(/C=C/COC)CC3)c(F)c2c(=O)o1. The summed E-state index contributed by atoms with van der Waals surface area (Å²) in [6.45, 7) is 3.12. The van der Waals surface area contributed by atoms with E-state index in [0.717, 1.165) is 32.1 Å². The summed E-state index contributed by atoms with van der Waals surface area (Å²) in [5, 5.41) is 0.539. The predicted molar refractivity (Wildman–Crippen MR) is 108 cm³/mol. The summed E-state index contributed by atoms with van der Waals surface area (Å²) in [5.41, 5.74) is -0.632. The molecule has 0 aliphatic heterocycles. The molecule has 0 atom stereocenters. The van der Waals surface area contributed by atoms with Gasteiger partial charge in [0.25, 0.3) is 0 Å². The number of halogens is 1. The van der Waals surface area contributed by atoms with Crippen LogP contribution in [-0.2, 0) is 11.2 Å². The molecule has 1 aromatic heterocycles. The molecule has 1 aliphatic rings. The van der Waals surface area contributed by atoms with E-state index >= 15 is 0 Å². The second kappa shape index (κ2) is 9.87. The van der Waals surface area contributed by atoms with Gasteiger partial charge in [-0.1, -0.05) is 25.1 Å². The topological polar surface area (TPSA) is 48.7 Å². The Labute approximate surface area is 165 Å². The van der Waals surface area contributed by atoms with Crippen molar-refractivity contribution in [1.82, 2.24) is 0 Å². The van der Waals surface area contributed by atoms with Crippen molar-refractivity contribution in [2.24, 2.45) is 11.8 Å². The third-order valence-corrected chi connectivity index (χ3v) is 5.42. The Bertz CT molecular complexity index is 863. The highest BCUT2D eigenvalue weighted by Crippen LogP contribution is 2.31. The van der Waals surface area contributed by atoms with E-state index in [-0.39, 0.29) is 11.1 Å². The first-order valence-electron chi connectivity index (χ1n) is 10.2. The molecule has 0 spiro atoms. The molecule has 0 radical (unpaired) electrons. The Morgan fingerprint density at radius 3 is 2.75 bits per heavy atom. The Hall–Kier alpha value is -2.14. The number of hydrogen-bond donors (Lipinski definition) is 0. The maximum absolute atomic E-state index is 14.8. The summed E-state index contributed by atoms with van der Waals surface area (Å²) in [6.07, 6.45) is 10.2. The van der Waals surface area contributed by atoms with Gasteiger partial charge in [0.2, 0.25) is 0 Å². The van der Waals surface area contributed by atoms with Gasteiger partial charge < -0.3 is 13.9 Å². The molecule has 152 valence electrons. The van der Waals surface area contributed by atoms with E-state index in [2.05, 4.69) is 12.2 Å². The molecule has 1 saturated carbocycles. The van der Waals surface area contributed by atoms with Gasteiger partial charge in [-0.15, -0.1) is 0 Å². The van der Waals surface area contributed by atoms with Crippen molar-refractivity contribution in [3.63, 3.8) is 0 Å². The van der Waals surface area contributed by atoms with Crippen molar-refractivity contribution in [3.8, 4) is 5.75 Å². The van der Waals surface area contributed by atoms with Gasteiger partial charge in [0, 0.05) is 13.5 Å². The monoisotopic (exact) mass is 388 g/mol. The molecule has 1 fully saturated rings. The molecular weight excluding hydrogens is 359 g/mol. The lowest BCUT2D eigenvalue weighted by molar-refractivity contribution is 0.189. The molecule has 5 heteroatoms. The van der Waals surface area contributed by atoms with Crippen molar-refractivity contribution >= 4 is 10.8 Å². The molecule has 28 heavy (non-hydrogen) atoms. The molecule has 1 aromatic carbocycles. The number of benzene rings is 1. The Kier molecular flexibility index (Phi) is 7.26. The number of aryl methyl sites for hydroxylation is 1. The average molecular weight is 388 g/mol. The minimum atomic E-state index is -0.632. The lowest BCUT2D eigenvalue weighted by Gasteiger charge is -2.26. The first kappa shape index (κ1) is 20.6. The van der Waals surface area contributed by atoms with Crippen LogP contribution in [0.25, 0.3) is 10.8 Å². The average Bonchev–Trinajstić information content (AvgIpc) is 2.69. The van der Waals surface area contributed by atoms with E-state index in [1.165, 1.54) is 0 Å². The van der Waals surface area contributed by atoms with Crippen molar-refractivity contribution in [3.05, 3.63) is 52.3 Å². The quantitative estimate of drug-likeness (QED) is 0.578. The maximum atomic E-state index is 14.8. The standard InChI is InChI=1S/C23H29FO4/c1-3-5-19-14-18-11-12-20(22(24)21(18)23(25)28-19)27-15-17-9-7-16(8-10-17)6-4-13-26-2/h4,6,11-12,14,16-17H,3,5,7-10,13,15H2,1-2H3/b6-4+. The molecule has 2 aromatic rings. The Balaban J connectivity index is 1.62. The zero-order valence-electron chi connectivity index (χ0n) is 16.7. The highest BCUT2D eigenvalue weighted by molar-refractivity contribution is 5.83. The van der Waals surface area contributed by atoms with Crippen LogP contribution in [0.4, 0.5) is 4.39 Å². The normalized spacial score (nSPS) is 20.1. The van der Waals surface area contributed by atoms with Crippen molar-refractivity contribution in [2.75, 3.05) is 20.3 Å². The van der Waals surface area contributed by atoms with Gasteiger partial charge >= 0.3 is 5.63 Å². The van der Waals surface area contributed by atoms with E-state index in [4.69, 9.17) is 13.9 Å². The molecule has 4 nitrogen and oxygen atoms in total. The first-order chi connectivity index (χ1) is 13.6. The van der Waals surface area contributed by atoms with Gasteiger partial charge in [0.15, 0.2) is 11.6 Å². The molecule has 1 heterocycles. The van der Waals surface area contributed by atoms with Crippen LogP contribution in [0.2, 0.25) is 0 Å². The summed E-state index contributed by atoms with van der Waals surface area (Å²) in [7, 11) is 1.69. The van der Waals surface area contributed by atoms with Crippen LogP contribution in [0.15, 0.2) is 39.6 Å². The molecule has 3 rings (SSSR count). The van der Waals surface area contributed by atoms with Crippen LogP contribution in [-0.4, -0.2) is 20.3 Å². The molecule has 0 amide bonds. The van der Waals surface area contributed by atoms with E-state index in [9.17, 15) is 9.18 Å². The van der Waals surface area contributed by atoms with E-state index < -0.39 is 11.4 Å². The lowest BCUT2D eigenvalue weighted by atomic mass is 9.82. The van der Waals surface area contributed by atoms with Crippen LogP contribution >= 0.6 is 0 Å². The zero-order chi connectivity index (χ0) is 19.9. The van der Waals surface area contributed by atoms with E-state index in [1.54, 1.807) is 25.3 Å². The van der Waals surface area contributed by atoms with Gasteiger partial charge in [-0.2, -0.15) is 0 Å². The fourth-order valence-corrected chi connectivity index (χ4v) is 3.85. The fourth-order valence-electron chi connectivity index (χ4n) is 3.85. The Morgan fingerprint density at radius 2 is 2.04 bits per heavy atom. The van der Waals surface area contributed by atoms with E-state index in [1.807, 2.05) is 6.92 Å². The fraction of sp³-hybridized carbons (Fsp3) is 0.522. The lowest BCUT2D eigenvalue weighted by Crippen LogP contribution is -2.19. The van der Waals surface area contributed by atoms with Crippen LogP contribution in [0.1, 0.15) is 44.8 Å². The Morgan fingerprint density at radius 1 is 1.25 bits per heavy atom. The van der Waals surface area contributed by atoms with Crippen LogP contribution in [0.5, 0.6) is 5.75 Å². The number of fused-ring (bicyclic) bond motifs is 1. The molecular formula is C23H29FO4. The van der Waals surface area contributed by atoms with Gasteiger partial charge in [0.1, 0.15) is 11.1 Å². The zero-order valence-corrected chi connectivity index (χ0v) is 16.7. The molecule has 0 saturated heterocycles. The van der Waals surface area contributed by atoms with Gasteiger partial charge in [0.05, 0.1) is 13.2 Å². The van der Waals surface area contributed by atoms with Gasteiger partial charge in [-0.05, 0) is 61.5 Å². The molecule has 0 N–H and O–H groups in total. The van der Waals surface area contributed by atoms with Gasteiger partial charge in [-0.3, -0.25) is 0 Å². The van der Waals surface area contributed by atoms with Crippen LogP contribution in [0.3, 0.4) is 0 Å². The van der Waals surface area contributed by atoms with Crippen molar-refractivity contribution < 1.29 is 18.3 Å². The first-order valence-corrected chi connectivity index (χ1v) is 10.2. The van der Waals surface area contributed by atoms with Crippen molar-refractivity contribution in [2.45, 2.75) is 45.4 Å². The number of rotatable bonds is 8. The van der Waals surface area contributed by atoms with Crippen LogP contribution in [0, 0.1) is 17.7 Å². The van der Waals surface area contributed by atoms with E-state index in [0.29, 0.717) is 42.6 Å². The van der Waals surface area contributed by atoms with Crippen molar-refractivity contribution in [1.29, 1.82) is 0 Å². The number of allylic oxidation sites excluding steroid dienone is 1. The number of methoxy groups -OCH3 is 1. The second-order valence-electron chi connectivity index (χ2n) is 7.57. The smallest absolute Gasteiger partial charge is 0.346 e. The predicted octanol–water partition coefficient (Wildman–Crippen LogP) is 5.27. The van der Waals surface area contributed by atoms with Gasteiger partial charge in [-0.25, -0.2) is 9.18 Å². The summed E-state index contributed by atoms with van der Waals surface area (Å²) < 4.78 is 30.9. The molecule has 0 unspecified atom stereocenters. The highest BCUT2D eigenvalue weighted by Gasteiger charge is 2.21.